The monoisotopic (exact) mass is 247 g/mol. The first-order valence-electron chi connectivity index (χ1n) is 6.59. The van der Waals surface area contributed by atoms with Gasteiger partial charge in [0.05, 0.1) is 0 Å². The molecule has 4 nitrogen and oxygen atoms in total. The van der Waals surface area contributed by atoms with Crippen molar-refractivity contribution in [1.82, 2.24) is 4.90 Å². The Labute approximate surface area is 108 Å². The maximum absolute atomic E-state index is 5.73. The Morgan fingerprint density at radius 2 is 2.22 bits per heavy atom. The molecule has 4 heteroatoms. The molecule has 18 heavy (non-hydrogen) atoms. The Morgan fingerprint density at radius 3 is 2.94 bits per heavy atom. The van der Waals surface area contributed by atoms with Crippen LogP contribution in [0.5, 0.6) is 5.75 Å². The standard InChI is InChI=1S/C14H21N3O/c1-3-5-8-17(4-2)14-10-18-13-9-11(15)6-7-12(13)16-14/h6-7,9H,3-5,8,10,15H2,1-2H3. The van der Waals surface area contributed by atoms with Crippen LogP contribution in [0, 0.1) is 0 Å². The van der Waals surface area contributed by atoms with Gasteiger partial charge in [-0.3, -0.25) is 0 Å². The summed E-state index contributed by atoms with van der Waals surface area (Å²) in [6.45, 7) is 6.89. The van der Waals surface area contributed by atoms with Gasteiger partial charge in [0.25, 0.3) is 0 Å². The minimum absolute atomic E-state index is 0.536. The molecule has 1 heterocycles. The Bertz CT molecular complexity index is 443. The lowest BCUT2D eigenvalue weighted by molar-refractivity contribution is 0.330. The molecule has 0 spiro atoms. The van der Waals surface area contributed by atoms with Crippen molar-refractivity contribution in [3.63, 3.8) is 0 Å². The Balaban J connectivity index is 2.17. The van der Waals surface area contributed by atoms with E-state index in [1.165, 1.54) is 12.8 Å². The van der Waals surface area contributed by atoms with Crippen molar-refractivity contribution in [2.24, 2.45) is 4.99 Å². The first kappa shape index (κ1) is 12.7. The molecule has 1 aromatic carbocycles. The van der Waals surface area contributed by atoms with Crippen LogP contribution in [0.25, 0.3) is 0 Å². The molecule has 1 aliphatic heterocycles. The van der Waals surface area contributed by atoms with E-state index in [4.69, 9.17) is 10.5 Å². The van der Waals surface area contributed by atoms with Crippen LogP contribution in [0.2, 0.25) is 0 Å². The molecule has 2 rings (SSSR count). The number of fused-ring (bicyclic) bond motifs is 1. The van der Waals surface area contributed by atoms with Crippen molar-refractivity contribution in [2.45, 2.75) is 26.7 Å². The molecule has 0 aromatic heterocycles. The van der Waals surface area contributed by atoms with Crippen LogP contribution in [0.3, 0.4) is 0 Å². The van der Waals surface area contributed by atoms with E-state index >= 15 is 0 Å². The number of amidine groups is 1. The summed E-state index contributed by atoms with van der Waals surface area (Å²) in [6, 6.07) is 5.60. The van der Waals surface area contributed by atoms with E-state index in [1.54, 1.807) is 0 Å². The lowest BCUT2D eigenvalue weighted by atomic mass is 10.2. The second-order valence-corrected chi connectivity index (χ2v) is 4.48. The minimum Gasteiger partial charge on any atom is -0.483 e. The number of hydrogen-bond acceptors (Lipinski definition) is 4. The Morgan fingerprint density at radius 1 is 1.39 bits per heavy atom. The third kappa shape index (κ3) is 2.75. The second-order valence-electron chi connectivity index (χ2n) is 4.48. The summed E-state index contributed by atoms with van der Waals surface area (Å²) in [4.78, 5) is 6.95. The highest BCUT2D eigenvalue weighted by Crippen LogP contribution is 2.32. The fourth-order valence-electron chi connectivity index (χ4n) is 2.03. The Hall–Kier alpha value is -1.71. The van der Waals surface area contributed by atoms with Gasteiger partial charge >= 0.3 is 0 Å². The van der Waals surface area contributed by atoms with E-state index in [2.05, 4.69) is 23.7 Å². The summed E-state index contributed by atoms with van der Waals surface area (Å²) >= 11 is 0. The number of nitrogen functional groups attached to an aromatic ring is 1. The van der Waals surface area contributed by atoms with Crippen LogP contribution in [0.4, 0.5) is 11.4 Å². The summed E-state index contributed by atoms with van der Waals surface area (Å²) in [7, 11) is 0. The molecule has 0 saturated carbocycles. The zero-order chi connectivity index (χ0) is 13.0. The number of rotatable bonds is 4. The average molecular weight is 247 g/mol. The number of unbranched alkanes of at least 4 members (excludes halogenated alkanes) is 1. The van der Waals surface area contributed by atoms with Crippen molar-refractivity contribution in [3.05, 3.63) is 18.2 Å². The molecule has 0 bridgehead atoms. The van der Waals surface area contributed by atoms with Crippen molar-refractivity contribution in [3.8, 4) is 5.75 Å². The number of likely N-dealkylation sites (N-methyl/N-ethyl adjacent to an activating group) is 1. The normalized spacial score (nSPS) is 13.6. The van der Waals surface area contributed by atoms with E-state index in [0.29, 0.717) is 12.3 Å². The zero-order valence-corrected chi connectivity index (χ0v) is 11.1. The highest BCUT2D eigenvalue weighted by Gasteiger charge is 2.17. The number of hydrogen-bond donors (Lipinski definition) is 1. The predicted molar refractivity (Wildman–Crippen MR) is 75.6 cm³/mol. The van der Waals surface area contributed by atoms with Crippen molar-refractivity contribution < 1.29 is 4.74 Å². The van der Waals surface area contributed by atoms with Gasteiger partial charge < -0.3 is 15.4 Å². The smallest absolute Gasteiger partial charge is 0.147 e. The lowest BCUT2D eigenvalue weighted by Gasteiger charge is -2.27. The largest absolute Gasteiger partial charge is 0.483 e. The fourth-order valence-corrected chi connectivity index (χ4v) is 2.03. The van der Waals surface area contributed by atoms with Gasteiger partial charge in [-0.1, -0.05) is 13.3 Å². The number of nitrogens with two attached hydrogens (primary N) is 1. The highest BCUT2D eigenvalue weighted by molar-refractivity contribution is 5.89. The summed E-state index contributed by atoms with van der Waals surface area (Å²) in [5.41, 5.74) is 7.32. The zero-order valence-electron chi connectivity index (χ0n) is 11.1. The van der Waals surface area contributed by atoms with Gasteiger partial charge in [0, 0.05) is 24.8 Å². The molecule has 0 amide bonds. The van der Waals surface area contributed by atoms with E-state index in [0.717, 1.165) is 30.4 Å². The molecule has 0 fully saturated rings. The van der Waals surface area contributed by atoms with Crippen molar-refractivity contribution in [2.75, 3.05) is 25.4 Å². The predicted octanol–water partition coefficient (Wildman–Crippen LogP) is 2.81. The lowest BCUT2D eigenvalue weighted by Crippen LogP contribution is -2.36. The van der Waals surface area contributed by atoms with Crippen LogP contribution in [-0.2, 0) is 0 Å². The summed E-state index contributed by atoms with van der Waals surface area (Å²) in [6.07, 6.45) is 2.37. The maximum atomic E-state index is 5.73. The van der Waals surface area contributed by atoms with Gasteiger partial charge in [-0.25, -0.2) is 4.99 Å². The topological polar surface area (TPSA) is 50.8 Å². The number of nitrogens with zero attached hydrogens (tertiary/aromatic N) is 2. The number of anilines is 1. The van der Waals surface area contributed by atoms with Gasteiger partial charge in [-0.05, 0) is 25.5 Å². The van der Waals surface area contributed by atoms with Crippen LogP contribution in [-0.4, -0.2) is 30.4 Å². The molecule has 1 aromatic rings. The van der Waals surface area contributed by atoms with Gasteiger partial charge in [0.15, 0.2) is 0 Å². The molecule has 0 radical (unpaired) electrons. The van der Waals surface area contributed by atoms with Gasteiger partial charge in [-0.2, -0.15) is 0 Å². The van der Waals surface area contributed by atoms with Gasteiger partial charge in [0.1, 0.15) is 23.9 Å². The van der Waals surface area contributed by atoms with Crippen LogP contribution < -0.4 is 10.5 Å². The first-order chi connectivity index (χ1) is 8.74. The van der Waals surface area contributed by atoms with E-state index in [-0.39, 0.29) is 0 Å². The average Bonchev–Trinajstić information content (AvgIpc) is 2.39. The van der Waals surface area contributed by atoms with Crippen LogP contribution in [0.15, 0.2) is 23.2 Å². The highest BCUT2D eigenvalue weighted by atomic mass is 16.5. The van der Waals surface area contributed by atoms with Gasteiger partial charge in [-0.15, -0.1) is 0 Å². The van der Waals surface area contributed by atoms with Crippen LogP contribution in [0.1, 0.15) is 26.7 Å². The van der Waals surface area contributed by atoms with E-state index in [1.807, 2.05) is 18.2 Å². The van der Waals surface area contributed by atoms with E-state index in [9.17, 15) is 0 Å². The molecule has 0 aliphatic carbocycles. The molecular formula is C14H21N3O. The molecule has 0 unspecified atom stereocenters. The third-order valence-electron chi connectivity index (χ3n) is 3.12. The minimum atomic E-state index is 0.536. The number of aliphatic imine (C=N–C) groups is 1. The number of benzene rings is 1. The second kappa shape index (κ2) is 5.76. The van der Waals surface area contributed by atoms with Crippen molar-refractivity contribution >= 4 is 17.2 Å². The SMILES string of the molecule is CCCCN(CC)C1=Nc2ccc(N)cc2OC1. The van der Waals surface area contributed by atoms with Crippen LogP contribution >= 0.6 is 0 Å². The quantitative estimate of drug-likeness (QED) is 0.832. The molecule has 0 atom stereocenters. The van der Waals surface area contributed by atoms with E-state index < -0.39 is 0 Å². The molecule has 98 valence electrons. The summed E-state index contributed by atoms with van der Waals surface area (Å²) in [5, 5.41) is 0. The number of ether oxygens (including phenoxy) is 1. The molecular weight excluding hydrogens is 226 g/mol. The maximum Gasteiger partial charge on any atom is 0.147 e. The third-order valence-corrected chi connectivity index (χ3v) is 3.12. The molecule has 0 saturated heterocycles. The molecule has 2 N–H and O–H groups in total. The molecule has 1 aliphatic rings. The summed E-state index contributed by atoms with van der Waals surface area (Å²) in [5.74, 6) is 1.80. The summed E-state index contributed by atoms with van der Waals surface area (Å²) < 4.78 is 5.73. The Kier molecular flexibility index (Phi) is 4.07. The van der Waals surface area contributed by atoms with Gasteiger partial charge in [0.2, 0.25) is 0 Å². The van der Waals surface area contributed by atoms with Crippen molar-refractivity contribution in [1.29, 1.82) is 0 Å². The fraction of sp³-hybridized carbons (Fsp3) is 0.500. The first-order valence-corrected chi connectivity index (χ1v) is 6.59.